The Morgan fingerprint density at radius 3 is 1.68 bits per heavy atom. The zero-order valence-corrected chi connectivity index (χ0v) is 17.5. The molecule has 0 saturated heterocycles. The molecule has 3 rings (SSSR count). The smallest absolute Gasteiger partial charge is 0.231 e. The molecule has 0 saturated carbocycles. The summed E-state index contributed by atoms with van der Waals surface area (Å²) in [5.41, 5.74) is 3.40. The first-order valence-electron chi connectivity index (χ1n) is 9.22. The monoisotopic (exact) mass is 391 g/mol. The summed E-state index contributed by atoms with van der Waals surface area (Å²) in [6, 6.07) is 23.0. The van der Waals surface area contributed by atoms with Crippen molar-refractivity contribution in [2.24, 2.45) is 0 Å². The van der Waals surface area contributed by atoms with Gasteiger partial charge >= 0.3 is 13.6 Å². The van der Waals surface area contributed by atoms with Crippen LogP contribution in [0.15, 0.2) is 72.8 Å². The third-order valence-electron chi connectivity index (χ3n) is 4.97. The summed E-state index contributed by atoms with van der Waals surface area (Å²) >= 11 is 0. The lowest BCUT2D eigenvalue weighted by Gasteiger charge is -2.24. The van der Waals surface area contributed by atoms with Crippen LogP contribution in [0.5, 0.6) is 0 Å². The van der Waals surface area contributed by atoms with Gasteiger partial charge in [0.25, 0.3) is 0 Å². The number of benzene rings is 3. The van der Waals surface area contributed by atoms with E-state index in [0.717, 1.165) is 27.8 Å². The highest BCUT2D eigenvalue weighted by Crippen LogP contribution is 2.44. The molecule has 0 aromatic heterocycles. The minimum absolute atomic E-state index is 0.469. The average Bonchev–Trinajstić information content (AvgIpc) is 2.68. The molecule has 142 valence electrons. The van der Waals surface area contributed by atoms with Gasteiger partial charge in [0.1, 0.15) is 0 Å². The van der Waals surface area contributed by atoms with Gasteiger partial charge in [-0.3, -0.25) is 0 Å². The Bertz CT molecular complexity index is 948. The van der Waals surface area contributed by atoms with Crippen molar-refractivity contribution in [3.8, 4) is 0 Å². The van der Waals surface area contributed by atoms with E-state index in [9.17, 15) is 9.36 Å². The lowest BCUT2D eigenvalue weighted by atomic mass is 9.88. The van der Waals surface area contributed by atoms with Gasteiger partial charge in [0.2, 0.25) is 0 Å². The van der Waals surface area contributed by atoms with Crippen LogP contribution < -0.4 is 0 Å². The molecular formula is C24H24O3P+. The van der Waals surface area contributed by atoms with Gasteiger partial charge in [-0.25, -0.2) is 4.79 Å². The molecule has 4 heteroatoms. The molecule has 0 amide bonds. The molecule has 0 radical (unpaired) electrons. The quantitative estimate of drug-likeness (QED) is 0.452. The Hall–Kier alpha value is -2.61. The van der Waals surface area contributed by atoms with E-state index in [1.807, 2.05) is 100 Å². The standard InChI is InChI=1S/C24H24O3P/c1-17-15-18(2)22(19(3)16-17)23(25)28(26)27-24(4,20-11-7-5-8-12-20)21-13-9-6-10-14-21/h5-16H,1-4H3/q+1. The SMILES string of the molecule is Cc1cc(C)c(C(=O)[P+](=O)OC(C)(c2ccccc2)c2ccccc2)c(C)c1. The first kappa shape index (κ1) is 20.1. The molecule has 3 nitrogen and oxygen atoms in total. The highest BCUT2D eigenvalue weighted by Gasteiger charge is 2.45. The Morgan fingerprint density at radius 1 is 0.821 bits per heavy atom. The number of aryl methyl sites for hydroxylation is 3. The van der Waals surface area contributed by atoms with Crippen molar-refractivity contribution in [3.05, 3.63) is 106 Å². The normalized spacial score (nSPS) is 11.9. The summed E-state index contributed by atoms with van der Waals surface area (Å²) in [6.07, 6.45) is 0. The van der Waals surface area contributed by atoms with Gasteiger partial charge in [-0.05, 0) is 54.5 Å². The van der Waals surface area contributed by atoms with Crippen LogP contribution in [0.25, 0.3) is 0 Å². The van der Waals surface area contributed by atoms with E-state index in [1.54, 1.807) is 0 Å². The second kappa shape index (κ2) is 8.18. The van der Waals surface area contributed by atoms with E-state index in [1.165, 1.54) is 0 Å². The zero-order chi connectivity index (χ0) is 20.3. The van der Waals surface area contributed by atoms with Crippen molar-refractivity contribution in [2.75, 3.05) is 0 Å². The maximum Gasteiger partial charge on any atom is 0.594 e. The number of rotatable bonds is 6. The van der Waals surface area contributed by atoms with Crippen LogP contribution in [0.4, 0.5) is 0 Å². The number of hydrogen-bond donors (Lipinski definition) is 0. The summed E-state index contributed by atoms with van der Waals surface area (Å²) < 4.78 is 19.1. The van der Waals surface area contributed by atoms with Gasteiger partial charge in [-0.1, -0.05) is 78.4 Å². The molecule has 3 aromatic rings. The van der Waals surface area contributed by atoms with Gasteiger partial charge in [0, 0.05) is 0 Å². The summed E-state index contributed by atoms with van der Waals surface area (Å²) in [6.45, 7) is 7.56. The van der Waals surface area contributed by atoms with Crippen LogP contribution in [0.3, 0.4) is 0 Å². The van der Waals surface area contributed by atoms with E-state index >= 15 is 0 Å². The lowest BCUT2D eigenvalue weighted by molar-refractivity contribution is 0.0996. The molecule has 3 aromatic carbocycles. The largest absolute Gasteiger partial charge is 0.594 e. The van der Waals surface area contributed by atoms with Gasteiger partial charge in [-0.15, -0.1) is 4.52 Å². The Kier molecular flexibility index (Phi) is 5.88. The molecule has 0 spiro atoms. The van der Waals surface area contributed by atoms with Crippen LogP contribution in [-0.4, -0.2) is 5.52 Å². The van der Waals surface area contributed by atoms with E-state index in [0.29, 0.717) is 5.56 Å². The van der Waals surface area contributed by atoms with E-state index in [4.69, 9.17) is 4.52 Å². The first-order chi connectivity index (χ1) is 13.3. The predicted octanol–water partition coefficient (Wildman–Crippen LogP) is 6.47. The van der Waals surface area contributed by atoms with Crippen molar-refractivity contribution in [1.82, 2.24) is 0 Å². The van der Waals surface area contributed by atoms with E-state index in [-0.39, 0.29) is 0 Å². The average molecular weight is 391 g/mol. The molecule has 0 aliphatic rings. The Balaban J connectivity index is 2.00. The molecule has 0 N–H and O–H groups in total. The van der Waals surface area contributed by atoms with Crippen molar-refractivity contribution < 1.29 is 13.9 Å². The molecule has 0 fully saturated rings. The second-order valence-corrected chi connectivity index (χ2v) is 8.30. The van der Waals surface area contributed by atoms with Gasteiger partial charge in [0.05, 0.1) is 5.56 Å². The summed E-state index contributed by atoms with van der Waals surface area (Å²) in [7, 11) is -2.58. The lowest BCUT2D eigenvalue weighted by Crippen LogP contribution is -2.25. The zero-order valence-electron chi connectivity index (χ0n) is 16.6. The third-order valence-corrected chi connectivity index (χ3v) is 6.06. The molecule has 28 heavy (non-hydrogen) atoms. The minimum atomic E-state index is -2.58. The number of hydrogen-bond acceptors (Lipinski definition) is 3. The Labute approximate surface area is 167 Å². The van der Waals surface area contributed by atoms with Crippen LogP contribution in [0, 0.1) is 20.8 Å². The molecular weight excluding hydrogens is 367 g/mol. The summed E-state index contributed by atoms with van der Waals surface area (Å²) in [4.78, 5) is 13.0. The highest BCUT2D eigenvalue weighted by atomic mass is 31.1. The summed E-state index contributed by atoms with van der Waals surface area (Å²) in [5, 5.41) is 0. The minimum Gasteiger partial charge on any atom is -0.231 e. The fraction of sp³-hybridized carbons (Fsp3) is 0.208. The van der Waals surface area contributed by atoms with Gasteiger partial charge < -0.3 is 0 Å². The van der Waals surface area contributed by atoms with E-state index in [2.05, 4.69) is 0 Å². The van der Waals surface area contributed by atoms with Crippen LogP contribution in [0.1, 0.15) is 45.1 Å². The maximum atomic E-state index is 13.1. The molecule has 0 heterocycles. The maximum absolute atomic E-state index is 13.1. The highest BCUT2D eigenvalue weighted by molar-refractivity contribution is 7.60. The molecule has 1 unspecified atom stereocenters. The van der Waals surface area contributed by atoms with Crippen LogP contribution in [0.2, 0.25) is 0 Å². The van der Waals surface area contributed by atoms with Crippen molar-refractivity contribution >= 4 is 13.6 Å². The second-order valence-electron chi connectivity index (χ2n) is 7.19. The number of carbonyl (C=O) groups is 1. The first-order valence-corrected chi connectivity index (χ1v) is 10.4. The van der Waals surface area contributed by atoms with E-state index < -0.39 is 19.2 Å². The topological polar surface area (TPSA) is 43.4 Å². The predicted molar refractivity (Wildman–Crippen MR) is 113 cm³/mol. The Morgan fingerprint density at radius 2 is 1.25 bits per heavy atom. The molecule has 0 aliphatic heterocycles. The molecule has 1 atom stereocenters. The fourth-order valence-corrected chi connectivity index (χ4v) is 4.76. The summed E-state index contributed by atoms with van der Waals surface area (Å²) in [5.74, 6) is 0. The third kappa shape index (κ3) is 3.96. The van der Waals surface area contributed by atoms with Gasteiger partial charge in [-0.2, -0.15) is 0 Å². The van der Waals surface area contributed by atoms with Crippen LogP contribution >= 0.6 is 8.03 Å². The van der Waals surface area contributed by atoms with Gasteiger partial charge in [0.15, 0.2) is 5.60 Å². The fourth-order valence-electron chi connectivity index (χ4n) is 3.60. The van der Waals surface area contributed by atoms with Crippen molar-refractivity contribution in [2.45, 2.75) is 33.3 Å². The number of carbonyl (C=O) groups excluding carboxylic acids is 1. The van der Waals surface area contributed by atoms with Crippen molar-refractivity contribution in [1.29, 1.82) is 0 Å². The molecule has 0 bridgehead atoms. The molecule has 0 aliphatic carbocycles. The van der Waals surface area contributed by atoms with Crippen LogP contribution in [-0.2, 0) is 14.7 Å². The van der Waals surface area contributed by atoms with Crippen molar-refractivity contribution in [3.63, 3.8) is 0 Å².